The molecule has 1 amide bonds. The fourth-order valence-electron chi connectivity index (χ4n) is 2.12. The molecule has 0 bridgehead atoms. The number of anilines is 1. The van der Waals surface area contributed by atoms with Crippen LogP contribution >= 0.6 is 11.6 Å². The summed E-state index contributed by atoms with van der Waals surface area (Å²) in [4.78, 5) is 12.1. The van der Waals surface area contributed by atoms with Crippen molar-refractivity contribution in [3.8, 4) is 0 Å². The third-order valence-electron chi connectivity index (χ3n) is 3.29. The molecule has 3 aromatic rings. The fourth-order valence-corrected chi connectivity index (χ4v) is 2.25. The van der Waals surface area contributed by atoms with Crippen molar-refractivity contribution in [2.75, 3.05) is 5.32 Å². The Kier molecular flexibility index (Phi) is 4.39. The highest BCUT2D eigenvalue weighted by Gasteiger charge is 2.08. The first-order valence-electron chi connectivity index (χ1n) is 6.94. The van der Waals surface area contributed by atoms with Gasteiger partial charge in [0.2, 0.25) is 0 Å². The molecule has 116 valence electrons. The Morgan fingerprint density at radius 3 is 2.65 bits per heavy atom. The van der Waals surface area contributed by atoms with Crippen LogP contribution in [0.4, 0.5) is 10.1 Å². The second-order valence-electron chi connectivity index (χ2n) is 4.98. The predicted octanol–water partition coefficient (Wildman–Crippen LogP) is 3.98. The van der Waals surface area contributed by atoms with E-state index in [-0.39, 0.29) is 11.7 Å². The van der Waals surface area contributed by atoms with Gasteiger partial charge in [0.25, 0.3) is 5.91 Å². The van der Waals surface area contributed by atoms with Crippen molar-refractivity contribution in [1.29, 1.82) is 0 Å². The van der Waals surface area contributed by atoms with Gasteiger partial charge in [-0.25, -0.2) is 4.39 Å². The molecule has 23 heavy (non-hydrogen) atoms. The van der Waals surface area contributed by atoms with Gasteiger partial charge in [-0.3, -0.25) is 9.48 Å². The van der Waals surface area contributed by atoms with Crippen molar-refractivity contribution < 1.29 is 9.18 Å². The van der Waals surface area contributed by atoms with E-state index in [0.29, 0.717) is 28.4 Å². The van der Waals surface area contributed by atoms with E-state index >= 15 is 0 Å². The van der Waals surface area contributed by atoms with Crippen LogP contribution in [0.5, 0.6) is 0 Å². The molecule has 0 radical (unpaired) electrons. The summed E-state index contributed by atoms with van der Waals surface area (Å²) in [6, 6.07) is 13.1. The topological polar surface area (TPSA) is 46.9 Å². The number of amides is 1. The molecule has 0 saturated heterocycles. The van der Waals surface area contributed by atoms with E-state index in [1.165, 1.54) is 12.3 Å². The number of nitrogens with zero attached hydrogens (tertiary/aromatic N) is 2. The summed E-state index contributed by atoms with van der Waals surface area (Å²) in [5.41, 5.74) is 1.57. The maximum atomic E-state index is 13.6. The maximum Gasteiger partial charge on any atom is 0.255 e. The van der Waals surface area contributed by atoms with E-state index in [0.717, 1.165) is 0 Å². The molecule has 1 heterocycles. The van der Waals surface area contributed by atoms with Gasteiger partial charge in [-0.2, -0.15) is 5.10 Å². The molecule has 1 N–H and O–H groups in total. The summed E-state index contributed by atoms with van der Waals surface area (Å²) in [6.45, 7) is 0.295. The molecule has 0 aliphatic heterocycles. The molecular weight excluding hydrogens is 317 g/mol. The monoisotopic (exact) mass is 329 g/mol. The molecule has 0 saturated carbocycles. The standard InChI is InChI=1S/C17H13ClFN3O/c18-14-7-5-12(6-8-14)17(23)21-15-9-20-22(11-15)10-13-3-1-2-4-16(13)19/h1-9,11H,10H2,(H,21,23). The molecule has 0 aliphatic carbocycles. The zero-order valence-corrected chi connectivity index (χ0v) is 12.8. The van der Waals surface area contributed by atoms with E-state index in [4.69, 9.17) is 11.6 Å². The number of halogens is 2. The predicted molar refractivity (Wildman–Crippen MR) is 87.1 cm³/mol. The third kappa shape index (κ3) is 3.76. The fraction of sp³-hybridized carbons (Fsp3) is 0.0588. The Morgan fingerprint density at radius 2 is 1.91 bits per heavy atom. The largest absolute Gasteiger partial charge is 0.319 e. The summed E-state index contributed by atoms with van der Waals surface area (Å²) in [6.07, 6.45) is 3.18. The van der Waals surface area contributed by atoms with E-state index < -0.39 is 0 Å². The van der Waals surface area contributed by atoms with Crippen LogP contribution in [-0.2, 0) is 6.54 Å². The molecule has 2 aromatic carbocycles. The van der Waals surface area contributed by atoms with Crippen LogP contribution in [-0.4, -0.2) is 15.7 Å². The van der Waals surface area contributed by atoms with Crippen LogP contribution in [0, 0.1) is 5.82 Å². The van der Waals surface area contributed by atoms with Crippen LogP contribution in [0.25, 0.3) is 0 Å². The minimum atomic E-state index is -0.283. The maximum absolute atomic E-state index is 13.6. The van der Waals surface area contributed by atoms with Gasteiger partial charge in [0.05, 0.1) is 18.4 Å². The van der Waals surface area contributed by atoms with Gasteiger partial charge in [0.1, 0.15) is 5.82 Å². The minimum Gasteiger partial charge on any atom is -0.319 e. The molecule has 4 nitrogen and oxygen atoms in total. The molecule has 3 rings (SSSR count). The minimum absolute atomic E-state index is 0.257. The first kappa shape index (κ1) is 15.2. The number of rotatable bonds is 4. The lowest BCUT2D eigenvalue weighted by atomic mass is 10.2. The molecule has 0 aliphatic rings. The smallest absolute Gasteiger partial charge is 0.255 e. The summed E-state index contributed by atoms with van der Waals surface area (Å²) in [7, 11) is 0. The highest BCUT2D eigenvalue weighted by Crippen LogP contribution is 2.14. The van der Waals surface area contributed by atoms with Crippen LogP contribution < -0.4 is 5.32 Å². The summed E-state index contributed by atoms with van der Waals surface area (Å²) in [5, 5.41) is 7.44. The van der Waals surface area contributed by atoms with E-state index in [9.17, 15) is 9.18 Å². The summed E-state index contributed by atoms with van der Waals surface area (Å²) < 4.78 is 15.2. The van der Waals surface area contributed by atoms with Crippen LogP contribution in [0.2, 0.25) is 5.02 Å². The van der Waals surface area contributed by atoms with Gasteiger partial charge < -0.3 is 5.32 Å². The van der Waals surface area contributed by atoms with Crippen molar-refractivity contribution in [2.45, 2.75) is 6.54 Å². The van der Waals surface area contributed by atoms with Crippen molar-refractivity contribution in [3.63, 3.8) is 0 Å². The molecule has 6 heteroatoms. The average Bonchev–Trinajstić information content (AvgIpc) is 2.97. The Balaban J connectivity index is 1.68. The Labute approximate surface area is 137 Å². The van der Waals surface area contributed by atoms with Crippen LogP contribution in [0.3, 0.4) is 0 Å². The zero-order chi connectivity index (χ0) is 16.2. The van der Waals surface area contributed by atoms with Crippen molar-refractivity contribution in [3.05, 3.63) is 82.9 Å². The van der Waals surface area contributed by atoms with E-state index in [1.807, 2.05) is 0 Å². The van der Waals surface area contributed by atoms with Gasteiger partial charge >= 0.3 is 0 Å². The van der Waals surface area contributed by atoms with Gasteiger partial charge in [-0.05, 0) is 30.3 Å². The van der Waals surface area contributed by atoms with Gasteiger partial charge in [0, 0.05) is 22.3 Å². The van der Waals surface area contributed by atoms with Crippen LogP contribution in [0.1, 0.15) is 15.9 Å². The first-order valence-corrected chi connectivity index (χ1v) is 7.32. The second kappa shape index (κ2) is 6.62. The number of aromatic nitrogens is 2. The highest BCUT2D eigenvalue weighted by atomic mass is 35.5. The van der Waals surface area contributed by atoms with Gasteiger partial charge in [-0.1, -0.05) is 29.8 Å². The highest BCUT2D eigenvalue weighted by molar-refractivity contribution is 6.30. The lowest BCUT2D eigenvalue weighted by Gasteiger charge is -2.04. The number of carbonyl (C=O) groups excluding carboxylic acids is 1. The lowest BCUT2D eigenvalue weighted by Crippen LogP contribution is -2.11. The number of carbonyl (C=O) groups is 1. The van der Waals surface area contributed by atoms with E-state index in [2.05, 4.69) is 10.4 Å². The van der Waals surface area contributed by atoms with E-state index in [1.54, 1.807) is 53.3 Å². The lowest BCUT2D eigenvalue weighted by molar-refractivity contribution is 0.102. The van der Waals surface area contributed by atoms with Crippen LogP contribution in [0.15, 0.2) is 60.9 Å². The average molecular weight is 330 g/mol. The van der Waals surface area contributed by atoms with Crippen molar-refractivity contribution in [1.82, 2.24) is 9.78 Å². The SMILES string of the molecule is O=C(Nc1cnn(Cc2ccccc2F)c1)c1ccc(Cl)cc1. The summed E-state index contributed by atoms with van der Waals surface area (Å²) in [5.74, 6) is -0.540. The molecule has 0 spiro atoms. The zero-order valence-electron chi connectivity index (χ0n) is 12.0. The molecule has 0 atom stereocenters. The van der Waals surface area contributed by atoms with Crippen molar-refractivity contribution >= 4 is 23.2 Å². The number of benzene rings is 2. The Morgan fingerprint density at radius 1 is 1.17 bits per heavy atom. The Hall–Kier alpha value is -2.66. The third-order valence-corrected chi connectivity index (χ3v) is 3.54. The molecular formula is C17H13ClFN3O. The molecule has 0 unspecified atom stereocenters. The number of nitrogens with one attached hydrogen (secondary N) is 1. The first-order chi connectivity index (χ1) is 11.1. The van der Waals surface area contributed by atoms with Gasteiger partial charge in [-0.15, -0.1) is 0 Å². The molecule has 1 aromatic heterocycles. The Bertz CT molecular complexity index is 830. The normalized spacial score (nSPS) is 10.5. The number of hydrogen-bond donors (Lipinski definition) is 1. The van der Waals surface area contributed by atoms with Gasteiger partial charge in [0.15, 0.2) is 0 Å². The molecule has 0 fully saturated rings. The quantitative estimate of drug-likeness (QED) is 0.787. The number of hydrogen-bond acceptors (Lipinski definition) is 2. The van der Waals surface area contributed by atoms with Crippen molar-refractivity contribution in [2.24, 2.45) is 0 Å². The summed E-state index contributed by atoms with van der Waals surface area (Å²) >= 11 is 5.79. The second-order valence-corrected chi connectivity index (χ2v) is 5.42.